The summed E-state index contributed by atoms with van der Waals surface area (Å²) in [5.74, 6) is -0.750. The zero-order valence-electron chi connectivity index (χ0n) is 20.4. The maximum atomic E-state index is 9.98. The van der Waals surface area contributed by atoms with E-state index < -0.39 is 0 Å². The van der Waals surface area contributed by atoms with Crippen molar-refractivity contribution in [2.45, 2.75) is 27.7 Å². The van der Waals surface area contributed by atoms with Crippen molar-refractivity contribution >= 4 is 11.6 Å². The van der Waals surface area contributed by atoms with Crippen LogP contribution in [0.1, 0.15) is 27.7 Å². The van der Waals surface area contributed by atoms with Gasteiger partial charge in [-0.15, -0.1) is 37.9 Å². The third kappa shape index (κ3) is 72.1. The van der Waals surface area contributed by atoms with Crippen LogP contribution in [0.4, 0.5) is 0 Å². The van der Waals surface area contributed by atoms with Crippen molar-refractivity contribution in [1.29, 1.82) is 0 Å². The molecule has 0 aromatic rings. The first-order valence-corrected chi connectivity index (χ1v) is 9.29. The van der Waals surface area contributed by atoms with Gasteiger partial charge >= 0.3 is 43.4 Å². The standard InChI is InChI=1S/2C5H11NO2.2C5H8O2.O.2Ti/c2*1-6(2-4-7)3-5-8;2*1-4(6)3-5(2)7;;;/h2*2-5H2,1H3;2*3,6H,1-2H3;;;/q2*-2;;;-2;2*+4/p-2/b;;2*4-3-;;;. The third-order valence-electron chi connectivity index (χ3n) is 2.71. The number of ketones is 2. The number of rotatable bonds is 10. The molecule has 0 unspecified atom stereocenters. The summed E-state index contributed by atoms with van der Waals surface area (Å²) < 4.78 is 0. The molecular weight excluding hydrogens is 508 g/mol. The van der Waals surface area contributed by atoms with Crippen molar-refractivity contribution < 1.29 is 89.1 Å². The fraction of sp³-hybridized carbons (Fsp3) is 0.700. The summed E-state index contributed by atoms with van der Waals surface area (Å²) in [5.41, 5.74) is 0. The van der Waals surface area contributed by atoms with E-state index in [1.807, 2.05) is 0 Å². The minimum Gasteiger partial charge on any atom is -2.00 e. The maximum absolute atomic E-state index is 9.98. The van der Waals surface area contributed by atoms with E-state index in [0.29, 0.717) is 26.2 Å². The van der Waals surface area contributed by atoms with E-state index in [1.165, 1.54) is 27.7 Å². The van der Waals surface area contributed by atoms with Crippen LogP contribution in [0, 0.1) is 0 Å². The van der Waals surface area contributed by atoms with Crippen LogP contribution in [-0.2, 0) is 58.5 Å². The van der Waals surface area contributed by atoms with Crippen molar-refractivity contribution in [1.82, 2.24) is 9.80 Å². The monoisotopic (exact) mass is 544 g/mol. The minimum atomic E-state index is -0.187. The van der Waals surface area contributed by atoms with Gasteiger partial charge in [0.2, 0.25) is 0 Å². The molecule has 0 aromatic carbocycles. The molecule has 0 rings (SSSR count). The molecule has 0 spiro atoms. The molecule has 0 heterocycles. The molecule has 0 aliphatic heterocycles. The van der Waals surface area contributed by atoms with Gasteiger partial charge in [-0.3, -0.25) is 9.59 Å². The van der Waals surface area contributed by atoms with Crippen LogP contribution in [0.3, 0.4) is 0 Å². The Labute approximate surface area is 227 Å². The number of nitrogens with zero attached hydrogens (tertiary/aromatic N) is 2. The normalized spacial score (nSPS) is 9.94. The smallest absolute Gasteiger partial charge is 2.00 e. The summed E-state index contributed by atoms with van der Waals surface area (Å²) in [6.45, 7) is 6.89. The molecule has 0 atom stereocenters. The van der Waals surface area contributed by atoms with Crippen molar-refractivity contribution in [2.24, 2.45) is 0 Å². The number of allylic oxidation sites excluding steroid dienone is 4. The van der Waals surface area contributed by atoms with Crippen LogP contribution in [0.15, 0.2) is 23.7 Å². The molecule has 33 heavy (non-hydrogen) atoms. The summed E-state index contributed by atoms with van der Waals surface area (Å²) in [4.78, 5) is 23.4. The van der Waals surface area contributed by atoms with Crippen LogP contribution >= 0.6 is 0 Å². The first kappa shape index (κ1) is 49.6. The number of carbonyl (C=O) groups excluding carboxylic acids is 2. The molecule has 0 radical (unpaired) electrons. The van der Waals surface area contributed by atoms with Gasteiger partial charge in [-0.25, -0.2) is 0 Å². The molecule has 188 valence electrons. The van der Waals surface area contributed by atoms with Gasteiger partial charge in [0.15, 0.2) is 11.6 Å². The fourth-order valence-electron chi connectivity index (χ4n) is 1.42. The zero-order valence-corrected chi connectivity index (χ0v) is 23.5. The second-order valence-electron chi connectivity index (χ2n) is 6.15. The quantitative estimate of drug-likeness (QED) is 0.145. The van der Waals surface area contributed by atoms with E-state index in [4.69, 9.17) is 0 Å². The average Bonchev–Trinajstić information content (AvgIpc) is 2.55. The summed E-state index contributed by atoms with van der Waals surface area (Å²) in [7, 11) is 3.55. The van der Waals surface area contributed by atoms with Crippen LogP contribution in [0.2, 0.25) is 0 Å². The summed E-state index contributed by atoms with van der Waals surface area (Å²) >= 11 is 0. The van der Waals surface area contributed by atoms with Crippen LogP contribution in [0.25, 0.3) is 0 Å². The topological polar surface area (TPSA) is 207 Å². The maximum Gasteiger partial charge on any atom is 4.00 e. The molecule has 0 aromatic heterocycles. The second kappa shape index (κ2) is 38.8. The van der Waals surface area contributed by atoms with Crippen molar-refractivity contribution in [3.63, 3.8) is 0 Å². The molecule has 0 saturated heterocycles. The number of likely N-dealkylation sites (N-methyl/N-ethyl adjacent to an activating group) is 2. The largest absolute Gasteiger partial charge is 4.00 e. The van der Waals surface area contributed by atoms with E-state index in [-0.39, 0.29) is 98.4 Å². The van der Waals surface area contributed by atoms with E-state index in [2.05, 4.69) is 0 Å². The first-order valence-electron chi connectivity index (χ1n) is 9.29. The van der Waals surface area contributed by atoms with E-state index in [9.17, 15) is 40.2 Å². The summed E-state index contributed by atoms with van der Waals surface area (Å²) in [5, 5.41) is 59.4. The molecule has 0 N–H and O–H groups in total. The number of carbonyl (C=O) groups is 2. The molecule has 11 nitrogen and oxygen atoms in total. The Kier molecular flexibility index (Phi) is 58.4. The Balaban J connectivity index is -0.0000000531. The molecule has 13 heteroatoms. The summed E-state index contributed by atoms with van der Waals surface area (Å²) in [6, 6.07) is 0. The van der Waals surface area contributed by atoms with Crippen molar-refractivity contribution in [3.05, 3.63) is 23.7 Å². The SMILES string of the molecule is CC(=O)/C=C(/C)[O-].CC(=O)/C=C(/C)[O-].CN(CC[O-])CC[O-].CN(CC[O-])CC[O-].[O-2].[Ti+4].[Ti+4]. The minimum absolute atomic E-state index is 0. The molecule has 0 fully saturated rings. The van der Waals surface area contributed by atoms with Gasteiger partial charge in [0.05, 0.1) is 0 Å². The molecule has 0 bridgehead atoms. The summed E-state index contributed by atoms with van der Waals surface area (Å²) in [6.07, 6.45) is 2.11. The van der Waals surface area contributed by atoms with Gasteiger partial charge in [-0.2, -0.15) is 0 Å². The average molecular weight is 544 g/mol. The van der Waals surface area contributed by atoms with Crippen molar-refractivity contribution in [2.75, 3.05) is 66.7 Å². The van der Waals surface area contributed by atoms with Crippen LogP contribution in [-0.4, -0.2) is 88.1 Å². The predicted octanol–water partition coefficient (Wildman–Crippen LogP) is -5.17. The van der Waals surface area contributed by atoms with Gasteiger partial charge in [-0.1, -0.05) is 13.8 Å². The first-order chi connectivity index (χ1) is 13.9. The molecule has 0 aliphatic carbocycles. The van der Waals surface area contributed by atoms with Crippen LogP contribution < -0.4 is 30.6 Å². The van der Waals surface area contributed by atoms with Gasteiger partial charge in [0.25, 0.3) is 0 Å². The Hall–Kier alpha value is -0.431. The number of hydrogen-bond donors (Lipinski definition) is 0. The third-order valence-corrected chi connectivity index (χ3v) is 2.71. The van der Waals surface area contributed by atoms with Gasteiger partial charge in [0, 0.05) is 0 Å². The van der Waals surface area contributed by atoms with Gasteiger partial charge in [0.1, 0.15) is 0 Å². The van der Waals surface area contributed by atoms with E-state index >= 15 is 0 Å². The predicted molar refractivity (Wildman–Crippen MR) is 104 cm³/mol. The second-order valence-corrected chi connectivity index (χ2v) is 6.15. The van der Waals surface area contributed by atoms with E-state index in [1.54, 1.807) is 23.9 Å². The fourth-order valence-corrected chi connectivity index (χ4v) is 1.42. The molecule has 0 aliphatic rings. The Morgan fingerprint density at radius 2 is 0.788 bits per heavy atom. The van der Waals surface area contributed by atoms with Crippen LogP contribution in [0.5, 0.6) is 0 Å². The molecule has 0 saturated carbocycles. The Bertz CT molecular complexity index is 418. The van der Waals surface area contributed by atoms with Gasteiger partial charge in [-0.05, 0) is 66.3 Å². The van der Waals surface area contributed by atoms with Crippen molar-refractivity contribution in [3.8, 4) is 0 Å². The van der Waals surface area contributed by atoms with Gasteiger partial charge < -0.3 is 45.9 Å². The van der Waals surface area contributed by atoms with E-state index in [0.717, 1.165) is 12.2 Å². The Morgan fingerprint density at radius 1 is 0.606 bits per heavy atom. The zero-order chi connectivity index (χ0) is 24.5. The molecule has 0 amide bonds. The Morgan fingerprint density at radius 3 is 0.848 bits per heavy atom. The number of hydrogen-bond acceptors (Lipinski definition) is 10. The molecular formula is C20H36N2O9Ti2.